The minimum absolute atomic E-state index is 0.0668. The summed E-state index contributed by atoms with van der Waals surface area (Å²) in [5, 5.41) is 4.31. The smallest absolute Gasteiger partial charge is 0.274 e. The van der Waals surface area contributed by atoms with Crippen LogP contribution in [-0.2, 0) is 17.8 Å². The van der Waals surface area contributed by atoms with Gasteiger partial charge in [0.05, 0.1) is 0 Å². The molecule has 1 aliphatic heterocycles. The monoisotopic (exact) mass is 397 g/mol. The van der Waals surface area contributed by atoms with Crippen molar-refractivity contribution in [2.45, 2.75) is 32.4 Å². The number of carbonyl (C=O) groups excluding carboxylic acids is 2. The van der Waals surface area contributed by atoms with Gasteiger partial charge in [0.25, 0.3) is 5.91 Å². The van der Waals surface area contributed by atoms with Crippen molar-refractivity contribution in [3.63, 3.8) is 0 Å². The van der Waals surface area contributed by atoms with Crippen molar-refractivity contribution in [2.75, 3.05) is 40.3 Å². The predicted molar refractivity (Wildman–Crippen MR) is 113 cm³/mol. The predicted octanol–water partition coefficient (Wildman–Crippen LogP) is 1.75. The Balaban J connectivity index is 1.56. The summed E-state index contributed by atoms with van der Waals surface area (Å²) in [5.41, 5.74) is 1.73. The van der Waals surface area contributed by atoms with Crippen molar-refractivity contribution in [3.8, 4) is 0 Å². The second-order valence-electron chi connectivity index (χ2n) is 7.65. The van der Waals surface area contributed by atoms with Crippen LogP contribution in [0.1, 0.15) is 29.4 Å². The van der Waals surface area contributed by atoms with Crippen molar-refractivity contribution in [3.05, 3.63) is 53.9 Å². The lowest BCUT2D eigenvalue weighted by molar-refractivity contribution is -0.137. The number of aromatic nitrogens is 2. The first kappa shape index (κ1) is 21.0. The van der Waals surface area contributed by atoms with Gasteiger partial charge in [-0.15, -0.1) is 0 Å². The highest BCUT2D eigenvalue weighted by Crippen LogP contribution is 2.14. The largest absolute Gasteiger partial charge is 0.344 e. The maximum absolute atomic E-state index is 13.0. The Labute approximate surface area is 172 Å². The van der Waals surface area contributed by atoms with Crippen LogP contribution in [0.3, 0.4) is 0 Å². The molecule has 0 radical (unpaired) electrons. The van der Waals surface area contributed by atoms with Crippen molar-refractivity contribution in [1.82, 2.24) is 24.5 Å². The molecule has 0 saturated carbocycles. The molecular formula is C22H31N5O2. The lowest BCUT2D eigenvalue weighted by Crippen LogP contribution is -2.59. The van der Waals surface area contributed by atoms with Crippen LogP contribution in [0, 0.1) is 0 Å². The van der Waals surface area contributed by atoms with Gasteiger partial charge in [-0.2, -0.15) is 5.10 Å². The fourth-order valence-corrected chi connectivity index (χ4v) is 3.67. The standard InChI is InChI=1S/C22H31N5O2/c1-4-27-14-12-19(23-27)21(28)26-16-15-24(2)20(17-26)22(29)25(3)13-8-11-18-9-6-5-7-10-18/h5-7,9-10,12,14,20H,4,8,11,13,15-17H2,1-3H3/t20-/m1/s1. The molecule has 0 aliphatic carbocycles. The van der Waals surface area contributed by atoms with Gasteiger partial charge in [0.1, 0.15) is 11.7 Å². The van der Waals surface area contributed by atoms with E-state index < -0.39 is 0 Å². The van der Waals surface area contributed by atoms with Gasteiger partial charge in [0.2, 0.25) is 5.91 Å². The number of amides is 2. The van der Waals surface area contributed by atoms with E-state index in [1.165, 1.54) is 5.56 Å². The molecule has 1 aromatic heterocycles. The van der Waals surface area contributed by atoms with Crippen molar-refractivity contribution < 1.29 is 9.59 Å². The Morgan fingerprint density at radius 3 is 2.62 bits per heavy atom. The average Bonchev–Trinajstić information content (AvgIpc) is 3.23. The number of aryl methyl sites for hydroxylation is 2. The van der Waals surface area contributed by atoms with E-state index in [1.54, 1.807) is 20.5 Å². The van der Waals surface area contributed by atoms with Crippen LogP contribution < -0.4 is 0 Å². The molecule has 1 aliphatic rings. The first-order valence-electron chi connectivity index (χ1n) is 10.3. The fourth-order valence-electron chi connectivity index (χ4n) is 3.67. The highest BCUT2D eigenvalue weighted by molar-refractivity contribution is 5.93. The maximum Gasteiger partial charge on any atom is 0.274 e. The van der Waals surface area contributed by atoms with Gasteiger partial charge in [-0.25, -0.2) is 0 Å². The van der Waals surface area contributed by atoms with E-state index in [0.29, 0.717) is 31.9 Å². The Morgan fingerprint density at radius 2 is 1.93 bits per heavy atom. The molecule has 2 heterocycles. The summed E-state index contributed by atoms with van der Waals surface area (Å²) in [7, 11) is 3.80. The Morgan fingerprint density at radius 1 is 1.17 bits per heavy atom. The Kier molecular flexibility index (Phi) is 7.04. The maximum atomic E-state index is 13.0. The van der Waals surface area contributed by atoms with E-state index in [4.69, 9.17) is 0 Å². The fraction of sp³-hybridized carbons (Fsp3) is 0.500. The number of nitrogens with zero attached hydrogens (tertiary/aromatic N) is 5. The summed E-state index contributed by atoms with van der Waals surface area (Å²) < 4.78 is 1.74. The average molecular weight is 398 g/mol. The van der Waals surface area contributed by atoms with E-state index in [2.05, 4.69) is 17.2 Å². The minimum atomic E-state index is -0.317. The molecule has 29 heavy (non-hydrogen) atoms. The SMILES string of the molecule is CCn1ccc(C(=O)N2CCN(C)[C@@H](C(=O)N(C)CCCc3ccccc3)C2)n1. The first-order valence-corrected chi connectivity index (χ1v) is 10.3. The topological polar surface area (TPSA) is 61.7 Å². The van der Waals surface area contributed by atoms with E-state index >= 15 is 0 Å². The summed E-state index contributed by atoms with van der Waals surface area (Å²) in [6.07, 6.45) is 3.68. The van der Waals surface area contributed by atoms with Gasteiger partial charge in [-0.1, -0.05) is 30.3 Å². The zero-order valence-electron chi connectivity index (χ0n) is 17.6. The van der Waals surface area contributed by atoms with E-state index in [9.17, 15) is 9.59 Å². The third-order valence-corrected chi connectivity index (χ3v) is 5.58. The number of benzene rings is 1. The number of hydrogen-bond donors (Lipinski definition) is 0. The van der Waals surface area contributed by atoms with Crippen molar-refractivity contribution in [1.29, 1.82) is 0 Å². The summed E-state index contributed by atoms with van der Waals surface area (Å²) in [6.45, 7) is 5.09. The number of likely N-dealkylation sites (N-methyl/N-ethyl adjacent to an activating group) is 2. The first-order chi connectivity index (χ1) is 14.0. The van der Waals surface area contributed by atoms with Crippen LogP contribution in [0.25, 0.3) is 0 Å². The van der Waals surface area contributed by atoms with Crippen LogP contribution in [0.15, 0.2) is 42.6 Å². The molecule has 7 heteroatoms. The summed E-state index contributed by atoms with van der Waals surface area (Å²) in [6, 6.07) is 11.7. The van der Waals surface area contributed by atoms with Crippen LogP contribution in [0.5, 0.6) is 0 Å². The quantitative estimate of drug-likeness (QED) is 0.714. The number of rotatable bonds is 7. The van der Waals surface area contributed by atoms with Gasteiger partial charge >= 0.3 is 0 Å². The third kappa shape index (κ3) is 5.23. The highest BCUT2D eigenvalue weighted by atomic mass is 16.2. The molecule has 0 spiro atoms. The lowest BCUT2D eigenvalue weighted by atomic mass is 10.1. The number of piperazine rings is 1. The zero-order valence-corrected chi connectivity index (χ0v) is 17.6. The van der Waals surface area contributed by atoms with E-state index in [-0.39, 0.29) is 17.9 Å². The van der Waals surface area contributed by atoms with Crippen LogP contribution in [0.4, 0.5) is 0 Å². The second kappa shape index (κ2) is 9.69. The molecule has 1 atom stereocenters. The van der Waals surface area contributed by atoms with Crippen molar-refractivity contribution in [2.24, 2.45) is 0 Å². The van der Waals surface area contributed by atoms with Gasteiger partial charge in [-0.05, 0) is 38.4 Å². The molecule has 1 fully saturated rings. The number of hydrogen-bond acceptors (Lipinski definition) is 4. The molecule has 7 nitrogen and oxygen atoms in total. The molecule has 2 amide bonds. The molecule has 1 aromatic carbocycles. The van der Waals surface area contributed by atoms with Gasteiger partial charge in [0, 0.05) is 46.0 Å². The van der Waals surface area contributed by atoms with Crippen LogP contribution in [0.2, 0.25) is 0 Å². The van der Waals surface area contributed by atoms with Crippen LogP contribution in [-0.4, -0.2) is 82.6 Å². The molecular weight excluding hydrogens is 366 g/mol. The highest BCUT2D eigenvalue weighted by Gasteiger charge is 2.34. The molecule has 0 bridgehead atoms. The summed E-state index contributed by atoms with van der Waals surface area (Å²) >= 11 is 0. The lowest BCUT2D eigenvalue weighted by Gasteiger charge is -2.39. The zero-order chi connectivity index (χ0) is 20.8. The molecule has 2 aromatic rings. The molecule has 0 unspecified atom stereocenters. The second-order valence-corrected chi connectivity index (χ2v) is 7.65. The molecule has 3 rings (SSSR count). The van der Waals surface area contributed by atoms with Gasteiger partial charge < -0.3 is 9.80 Å². The number of carbonyl (C=O) groups is 2. The Hall–Kier alpha value is -2.67. The van der Waals surface area contributed by atoms with Gasteiger partial charge in [0.15, 0.2) is 0 Å². The van der Waals surface area contributed by atoms with Crippen molar-refractivity contribution >= 4 is 11.8 Å². The third-order valence-electron chi connectivity index (χ3n) is 5.58. The van der Waals surface area contributed by atoms with Gasteiger partial charge in [-0.3, -0.25) is 19.2 Å². The Bertz CT molecular complexity index is 820. The minimum Gasteiger partial charge on any atom is -0.344 e. The normalized spacial score (nSPS) is 17.3. The summed E-state index contributed by atoms with van der Waals surface area (Å²) in [4.78, 5) is 31.4. The molecule has 1 saturated heterocycles. The molecule has 0 N–H and O–H groups in total. The molecule has 156 valence electrons. The van der Waals surface area contributed by atoms with E-state index in [0.717, 1.165) is 19.4 Å². The van der Waals surface area contributed by atoms with Crippen LogP contribution >= 0.6 is 0 Å². The van der Waals surface area contributed by atoms with E-state index in [1.807, 2.05) is 50.3 Å². The summed E-state index contributed by atoms with van der Waals surface area (Å²) in [5.74, 6) is -0.0352.